The summed E-state index contributed by atoms with van der Waals surface area (Å²) in [6.07, 6.45) is 0.283. The van der Waals surface area contributed by atoms with Gasteiger partial charge in [0.2, 0.25) is 5.91 Å². The van der Waals surface area contributed by atoms with Crippen LogP contribution in [-0.2, 0) is 4.79 Å². The number of aliphatic imine (C=N–C) groups is 1. The number of ether oxygens (including phenoxy) is 1. The van der Waals surface area contributed by atoms with Crippen LogP contribution in [0.2, 0.25) is 5.02 Å². The lowest BCUT2D eigenvalue weighted by atomic mass is 10.1. The number of benzene rings is 2. The summed E-state index contributed by atoms with van der Waals surface area (Å²) in [5.41, 5.74) is 1.57. The number of aliphatic hydroxyl groups excluding tert-OH is 1. The molecule has 0 bridgehead atoms. The van der Waals surface area contributed by atoms with Gasteiger partial charge in [-0.3, -0.25) is 4.79 Å². The van der Waals surface area contributed by atoms with Crippen LogP contribution >= 0.6 is 11.6 Å². The third kappa shape index (κ3) is 3.96. The number of carbonyl (C=O) groups is 1. The number of carbonyl (C=O) groups excluding carboxylic acids is 1. The van der Waals surface area contributed by atoms with Crippen molar-refractivity contribution in [1.82, 2.24) is 15.5 Å². The number of nitrogens with one attached hydrogen (secondary N) is 2. The molecule has 2 aromatic rings. The summed E-state index contributed by atoms with van der Waals surface area (Å²) >= 11 is 6.17. The van der Waals surface area contributed by atoms with E-state index in [-0.39, 0.29) is 25.1 Å². The molecule has 146 valence electrons. The fourth-order valence-electron chi connectivity index (χ4n) is 3.48. The van der Waals surface area contributed by atoms with Crippen LogP contribution < -0.4 is 15.4 Å². The average Bonchev–Trinajstić information content (AvgIpc) is 2.85. The molecule has 0 unspecified atom stereocenters. The Kier molecular flexibility index (Phi) is 5.47. The van der Waals surface area contributed by atoms with Crippen molar-refractivity contribution in [2.75, 3.05) is 26.4 Å². The van der Waals surface area contributed by atoms with Gasteiger partial charge in [-0.2, -0.15) is 0 Å². The summed E-state index contributed by atoms with van der Waals surface area (Å²) in [6, 6.07) is 13.1. The molecule has 0 aromatic heterocycles. The third-order valence-electron chi connectivity index (χ3n) is 4.76. The summed E-state index contributed by atoms with van der Waals surface area (Å²) in [4.78, 5) is 18.9. The van der Waals surface area contributed by atoms with Gasteiger partial charge >= 0.3 is 0 Å². The second-order valence-corrected chi connectivity index (χ2v) is 7.14. The highest BCUT2D eigenvalue weighted by atomic mass is 35.5. The van der Waals surface area contributed by atoms with Crippen LogP contribution in [0.3, 0.4) is 0 Å². The third-order valence-corrected chi connectivity index (χ3v) is 4.99. The maximum atomic E-state index is 11.9. The lowest BCUT2D eigenvalue weighted by Crippen LogP contribution is -2.54. The van der Waals surface area contributed by atoms with Gasteiger partial charge < -0.3 is 25.4 Å². The maximum Gasteiger partial charge on any atom is 0.223 e. The number of halogens is 1. The first-order chi connectivity index (χ1) is 13.6. The molecule has 2 aromatic carbocycles. The molecular weight excluding hydrogens is 380 g/mol. The molecule has 1 fully saturated rings. The van der Waals surface area contributed by atoms with Crippen molar-refractivity contribution >= 4 is 29.0 Å². The van der Waals surface area contributed by atoms with Crippen molar-refractivity contribution < 1.29 is 14.6 Å². The predicted molar refractivity (Wildman–Crippen MR) is 107 cm³/mol. The van der Waals surface area contributed by atoms with Crippen molar-refractivity contribution in [2.45, 2.75) is 12.5 Å². The molecule has 2 aliphatic rings. The molecule has 1 saturated heterocycles. The number of hydrogen-bond donors (Lipinski definition) is 3. The number of amidine groups is 1. The Balaban J connectivity index is 1.67. The minimum Gasteiger partial charge on any atom is -0.454 e. The minimum atomic E-state index is -0.357. The van der Waals surface area contributed by atoms with Crippen LogP contribution in [0.1, 0.15) is 12.0 Å². The minimum absolute atomic E-state index is 0.0434. The van der Waals surface area contributed by atoms with Crippen molar-refractivity contribution in [3.8, 4) is 11.5 Å². The SMILES string of the molecule is O=C(C[C@H]1CN(C2=Nc3cc(Cl)ccc3Oc3ccccc32)CCN1)NCO. The number of piperazine rings is 1. The number of aliphatic hydroxyl groups is 1. The molecule has 1 atom stereocenters. The second-order valence-electron chi connectivity index (χ2n) is 6.70. The quantitative estimate of drug-likeness (QED) is 0.688. The number of nitrogens with zero attached hydrogens (tertiary/aromatic N) is 2. The van der Waals surface area contributed by atoms with Crippen molar-refractivity contribution in [2.24, 2.45) is 4.99 Å². The number of amides is 1. The zero-order chi connectivity index (χ0) is 19.5. The largest absolute Gasteiger partial charge is 0.454 e. The Morgan fingerprint density at radius 3 is 3.04 bits per heavy atom. The average molecular weight is 401 g/mol. The maximum absolute atomic E-state index is 11.9. The lowest BCUT2D eigenvalue weighted by molar-refractivity contribution is -0.122. The van der Waals surface area contributed by atoms with Gasteiger partial charge in [0.1, 0.15) is 24.0 Å². The van der Waals surface area contributed by atoms with E-state index in [9.17, 15) is 4.79 Å². The Morgan fingerprint density at radius 1 is 1.32 bits per heavy atom. The molecule has 0 radical (unpaired) electrons. The van der Waals surface area contributed by atoms with Crippen LogP contribution in [0, 0.1) is 0 Å². The van der Waals surface area contributed by atoms with Gasteiger partial charge in [0.15, 0.2) is 5.75 Å². The van der Waals surface area contributed by atoms with Crippen LogP contribution in [0.4, 0.5) is 5.69 Å². The van der Waals surface area contributed by atoms with Gasteiger partial charge in [-0.1, -0.05) is 23.7 Å². The van der Waals surface area contributed by atoms with Gasteiger partial charge in [-0.05, 0) is 30.3 Å². The Labute approximate surface area is 168 Å². The van der Waals surface area contributed by atoms with E-state index in [0.29, 0.717) is 23.0 Å². The standard InChI is InChI=1S/C20H21ClN4O3/c21-13-5-6-18-16(9-13)24-20(15-3-1-2-4-17(15)28-18)25-8-7-22-14(11-25)10-19(27)23-12-26/h1-6,9,14,22,26H,7-8,10-12H2,(H,23,27)/t14-/m0/s1. The molecule has 0 spiro atoms. The number of rotatable bonds is 3. The van der Waals surface area contributed by atoms with Crippen LogP contribution in [0.25, 0.3) is 0 Å². The lowest BCUT2D eigenvalue weighted by Gasteiger charge is -2.35. The molecule has 3 N–H and O–H groups in total. The molecule has 2 heterocycles. The highest BCUT2D eigenvalue weighted by molar-refractivity contribution is 6.31. The van der Waals surface area contributed by atoms with E-state index < -0.39 is 0 Å². The Morgan fingerprint density at radius 2 is 2.18 bits per heavy atom. The number of fused-ring (bicyclic) bond motifs is 2. The molecule has 0 saturated carbocycles. The first-order valence-electron chi connectivity index (χ1n) is 9.15. The van der Waals surface area contributed by atoms with Gasteiger partial charge in [-0.25, -0.2) is 4.99 Å². The normalized spacial score (nSPS) is 18.3. The van der Waals surface area contributed by atoms with E-state index in [1.807, 2.05) is 30.3 Å². The first-order valence-corrected chi connectivity index (χ1v) is 9.53. The fraction of sp³-hybridized carbons (Fsp3) is 0.300. The molecule has 0 aliphatic carbocycles. The Hall–Kier alpha value is -2.61. The van der Waals surface area contributed by atoms with Crippen molar-refractivity contribution in [1.29, 1.82) is 0 Å². The summed E-state index contributed by atoms with van der Waals surface area (Å²) in [5, 5.41) is 15.2. The number of hydrogen-bond acceptors (Lipinski definition) is 6. The zero-order valence-electron chi connectivity index (χ0n) is 15.2. The van der Waals surface area contributed by atoms with Gasteiger partial charge in [-0.15, -0.1) is 0 Å². The molecule has 28 heavy (non-hydrogen) atoms. The van der Waals surface area contributed by atoms with E-state index in [4.69, 9.17) is 26.4 Å². The topological polar surface area (TPSA) is 86.2 Å². The van der Waals surface area contributed by atoms with Gasteiger partial charge in [0.25, 0.3) is 0 Å². The Bertz CT molecular complexity index is 918. The highest BCUT2D eigenvalue weighted by Gasteiger charge is 2.28. The fourth-order valence-corrected chi connectivity index (χ4v) is 3.64. The second kappa shape index (κ2) is 8.18. The first kappa shape index (κ1) is 18.7. The van der Waals surface area contributed by atoms with Gasteiger partial charge in [0.05, 0.1) is 5.56 Å². The summed E-state index contributed by atoms with van der Waals surface area (Å²) in [7, 11) is 0. The predicted octanol–water partition coefficient (Wildman–Crippen LogP) is 2.25. The molecule has 2 aliphatic heterocycles. The van der Waals surface area contributed by atoms with E-state index in [0.717, 1.165) is 30.2 Å². The van der Waals surface area contributed by atoms with E-state index in [1.54, 1.807) is 12.1 Å². The van der Waals surface area contributed by atoms with Crippen molar-refractivity contribution in [3.63, 3.8) is 0 Å². The zero-order valence-corrected chi connectivity index (χ0v) is 15.9. The molecule has 4 rings (SSSR count). The monoisotopic (exact) mass is 400 g/mol. The van der Waals surface area contributed by atoms with E-state index in [2.05, 4.69) is 15.5 Å². The van der Waals surface area contributed by atoms with E-state index >= 15 is 0 Å². The van der Waals surface area contributed by atoms with Crippen LogP contribution in [0.5, 0.6) is 11.5 Å². The highest BCUT2D eigenvalue weighted by Crippen LogP contribution is 2.39. The molecule has 7 nitrogen and oxygen atoms in total. The molecule has 8 heteroatoms. The smallest absolute Gasteiger partial charge is 0.223 e. The van der Waals surface area contributed by atoms with Gasteiger partial charge in [0, 0.05) is 37.1 Å². The van der Waals surface area contributed by atoms with E-state index in [1.165, 1.54) is 0 Å². The molecular formula is C20H21ClN4O3. The molecule has 1 amide bonds. The summed E-state index contributed by atoms with van der Waals surface area (Å²) in [6.45, 7) is 1.73. The van der Waals surface area contributed by atoms with Crippen LogP contribution in [-0.4, -0.2) is 54.2 Å². The van der Waals surface area contributed by atoms with Crippen LogP contribution in [0.15, 0.2) is 47.5 Å². The number of para-hydroxylation sites is 1. The summed E-state index contributed by atoms with van der Waals surface area (Å²) < 4.78 is 6.09. The van der Waals surface area contributed by atoms with Crippen molar-refractivity contribution in [3.05, 3.63) is 53.1 Å². The summed E-state index contributed by atoms with van der Waals surface area (Å²) in [5.74, 6) is 1.99.